The van der Waals surface area contributed by atoms with Gasteiger partial charge in [-0.1, -0.05) is 0 Å². The number of carbonyl (C=O) groups excluding carboxylic acids is 1. The minimum Gasteiger partial charge on any atom is -0.444 e. The Labute approximate surface area is 113 Å². The Kier molecular flexibility index (Phi) is 3.30. The van der Waals surface area contributed by atoms with Gasteiger partial charge in [-0.3, -0.25) is 5.32 Å². The van der Waals surface area contributed by atoms with Crippen molar-refractivity contribution in [2.75, 3.05) is 5.32 Å². The molecule has 1 amide bonds. The number of halogens is 1. The maximum absolute atomic E-state index is 11.6. The topological polar surface area (TPSA) is 55.6 Å². The number of aromatic nitrogens is 2. The van der Waals surface area contributed by atoms with Gasteiger partial charge in [-0.15, -0.1) is 0 Å². The van der Waals surface area contributed by atoms with E-state index in [4.69, 9.17) is 4.74 Å². The summed E-state index contributed by atoms with van der Waals surface area (Å²) in [4.78, 5) is 15.9. The molecule has 0 fully saturated rings. The monoisotopic (exact) mass is 311 g/mol. The predicted octanol–water partition coefficient (Wildman–Crippen LogP) is 3.44. The minimum atomic E-state index is -0.524. The summed E-state index contributed by atoms with van der Waals surface area (Å²) in [6, 6.07) is 3.77. The molecule has 0 saturated heterocycles. The Morgan fingerprint density at radius 3 is 2.83 bits per heavy atom. The molecule has 6 heteroatoms. The van der Waals surface area contributed by atoms with Gasteiger partial charge in [0.1, 0.15) is 5.60 Å². The molecule has 0 unspecified atom stereocenters. The van der Waals surface area contributed by atoms with Crippen molar-refractivity contribution in [3.8, 4) is 0 Å². The molecule has 0 atom stereocenters. The van der Waals surface area contributed by atoms with Crippen molar-refractivity contribution in [1.29, 1.82) is 0 Å². The quantitative estimate of drug-likeness (QED) is 0.877. The number of hydrogen-bond acceptors (Lipinski definition) is 3. The summed E-state index contributed by atoms with van der Waals surface area (Å²) < 4.78 is 7.84. The number of nitrogens with one attached hydrogen (secondary N) is 1. The summed E-state index contributed by atoms with van der Waals surface area (Å²) in [6.45, 7) is 5.44. The summed E-state index contributed by atoms with van der Waals surface area (Å²) in [6.07, 6.45) is 3.07. The van der Waals surface area contributed by atoms with Crippen molar-refractivity contribution in [3.05, 3.63) is 29.0 Å². The van der Waals surface area contributed by atoms with Crippen LogP contribution in [0.2, 0.25) is 0 Å². The molecular weight excluding hydrogens is 298 g/mol. The van der Waals surface area contributed by atoms with E-state index in [0.717, 1.165) is 10.1 Å². The number of nitrogens with zero attached hydrogens (tertiary/aromatic N) is 2. The third-order valence-corrected chi connectivity index (χ3v) is 2.68. The van der Waals surface area contributed by atoms with Crippen molar-refractivity contribution in [2.24, 2.45) is 0 Å². The molecular formula is C12H14BrN3O2. The summed E-state index contributed by atoms with van der Waals surface area (Å²) in [5.41, 5.74) is 0.215. The van der Waals surface area contributed by atoms with Crippen LogP contribution in [-0.4, -0.2) is 21.1 Å². The lowest BCUT2D eigenvalue weighted by Crippen LogP contribution is -2.27. The molecule has 0 spiro atoms. The first-order valence-corrected chi connectivity index (χ1v) is 6.28. The van der Waals surface area contributed by atoms with Crippen LogP contribution >= 0.6 is 15.9 Å². The molecule has 0 aliphatic heterocycles. The predicted molar refractivity (Wildman–Crippen MR) is 72.7 cm³/mol. The second-order valence-corrected chi connectivity index (χ2v) is 5.69. The summed E-state index contributed by atoms with van der Waals surface area (Å²) >= 11 is 3.40. The zero-order valence-electron chi connectivity index (χ0n) is 10.4. The molecule has 0 bridgehead atoms. The van der Waals surface area contributed by atoms with Crippen molar-refractivity contribution in [3.63, 3.8) is 0 Å². The van der Waals surface area contributed by atoms with Crippen LogP contribution in [-0.2, 0) is 4.74 Å². The van der Waals surface area contributed by atoms with Crippen molar-refractivity contribution >= 4 is 33.5 Å². The first-order chi connectivity index (χ1) is 8.35. The number of rotatable bonds is 1. The molecule has 2 heterocycles. The lowest BCUT2D eigenvalue weighted by atomic mass is 10.2. The number of pyridine rings is 1. The van der Waals surface area contributed by atoms with Crippen LogP contribution in [0.3, 0.4) is 0 Å². The number of anilines is 1. The lowest BCUT2D eigenvalue weighted by molar-refractivity contribution is 0.0635. The van der Waals surface area contributed by atoms with E-state index in [1.807, 2.05) is 43.5 Å². The molecule has 2 rings (SSSR count). The number of fused-ring (bicyclic) bond motifs is 1. The van der Waals surface area contributed by atoms with Crippen LogP contribution in [0, 0.1) is 0 Å². The van der Waals surface area contributed by atoms with Crippen molar-refractivity contribution in [1.82, 2.24) is 9.38 Å². The third-order valence-electron chi connectivity index (χ3n) is 2.06. The summed E-state index contributed by atoms with van der Waals surface area (Å²) in [5.74, 6) is 0.455. The fraction of sp³-hybridized carbons (Fsp3) is 0.333. The highest BCUT2D eigenvalue weighted by atomic mass is 79.9. The van der Waals surface area contributed by atoms with E-state index >= 15 is 0 Å². The summed E-state index contributed by atoms with van der Waals surface area (Å²) in [5, 5.41) is 2.60. The van der Waals surface area contributed by atoms with E-state index in [0.29, 0.717) is 5.82 Å². The number of amides is 1. The molecule has 5 nitrogen and oxygen atoms in total. The van der Waals surface area contributed by atoms with E-state index in [9.17, 15) is 4.79 Å². The maximum atomic E-state index is 11.6. The number of ether oxygens (including phenoxy) is 1. The minimum absolute atomic E-state index is 0.455. The van der Waals surface area contributed by atoms with Gasteiger partial charge >= 0.3 is 6.09 Å². The van der Waals surface area contributed by atoms with Gasteiger partial charge in [0, 0.05) is 6.20 Å². The van der Waals surface area contributed by atoms with Crippen LogP contribution in [0.4, 0.5) is 10.6 Å². The van der Waals surface area contributed by atoms with Gasteiger partial charge in [-0.05, 0) is 48.8 Å². The number of carbonyl (C=O) groups is 1. The molecule has 2 aromatic rings. The lowest BCUT2D eigenvalue weighted by Gasteiger charge is -2.18. The standard InChI is InChI=1S/C12H14BrN3O2/c1-12(2,3)18-11(17)15-9-7-16-6-4-5-8(13)10(16)14-9/h4-7H,1-3H3,(H,15,17). The van der Waals surface area contributed by atoms with E-state index in [1.165, 1.54) is 0 Å². The average molecular weight is 312 g/mol. The molecule has 0 saturated carbocycles. The molecule has 2 aromatic heterocycles. The number of hydrogen-bond donors (Lipinski definition) is 1. The largest absolute Gasteiger partial charge is 0.444 e. The van der Waals surface area contributed by atoms with E-state index in [-0.39, 0.29) is 0 Å². The molecule has 0 aromatic carbocycles. The first kappa shape index (κ1) is 12.9. The van der Waals surface area contributed by atoms with Gasteiger partial charge in [0.15, 0.2) is 11.5 Å². The van der Waals surface area contributed by atoms with Crippen LogP contribution in [0.5, 0.6) is 0 Å². The zero-order chi connectivity index (χ0) is 13.3. The average Bonchev–Trinajstić information content (AvgIpc) is 2.58. The fourth-order valence-electron chi connectivity index (χ4n) is 1.45. The third kappa shape index (κ3) is 3.01. The number of imidazole rings is 1. The van der Waals surface area contributed by atoms with Crippen LogP contribution in [0.1, 0.15) is 20.8 Å². The molecule has 96 valence electrons. The highest BCUT2D eigenvalue weighted by Gasteiger charge is 2.17. The molecule has 1 N–H and O–H groups in total. The summed E-state index contributed by atoms with van der Waals surface area (Å²) in [7, 11) is 0. The Morgan fingerprint density at radius 1 is 1.50 bits per heavy atom. The van der Waals surface area contributed by atoms with Crippen LogP contribution < -0.4 is 5.32 Å². The van der Waals surface area contributed by atoms with E-state index in [1.54, 1.807) is 6.20 Å². The Morgan fingerprint density at radius 2 is 2.22 bits per heavy atom. The van der Waals surface area contributed by atoms with Crippen molar-refractivity contribution < 1.29 is 9.53 Å². The van der Waals surface area contributed by atoms with E-state index in [2.05, 4.69) is 26.2 Å². The molecule has 18 heavy (non-hydrogen) atoms. The maximum Gasteiger partial charge on any atom is 0.413 e. The van der Waals surface area contributed by atoms with Gasteiger partial charge < -0.3 is 9.14 Å². The molecule has 0 aliphatic carbocycles. The van der Waals surface area contributed by atoms with Crippen LogP contribution in [0.15, 0.2) is 29.0 Å². The Hall–Kier alpha value is -1.56. The normalized spacial score (nSPS) is 11.6. The zero-order valence-corrected chi connectivity index (χ0v) is 12.0. The Bertz CT molecular complexity index is 587. The van der Waals surface area contributed by atoms with Gasteiger partial charge in [0.05, 0.1) is 10.7 Å². The van der Waals surface area contributed by atoms with Gasteiger partial charge in [0.2, 0.25) is 0 Å². The highest BCUT2D eigenvalue weighted by molar-refractivity contribution is 9.10. The van der Waals surface area contributed by atoms with Gasteiger partial charge in [-0.2, -0.15) is 0 Å². The van der Waals surface area contributed by atoms with E-state index < -0.39 is 11.7 Å². The van der Waals surface area contributed by atoms with Crippen LogP contribution in [0.25, 0.3) is 5.65 Å². The molecule has 0 radical (unpaired) electrons. The smallest absolute Gasteiger partial charge is 0.413 e. The SMILES string of the molecule is CC(C)(C)OC(=O)Nc1cn2cccc(Br)c2n1. The fourth-order valence-corrected chi connectivity index (χ4v) is 1.89. The first-order valence-electron chi connectivity index (χ1n) is 5.48. The van der Waals surface area contributed by atoms with Crippen molar-refractivity contribution in [2.45, 2.75) is 26.4 Å². The van der Waals surface area contributed by atoms with Gasteiger partial charge in [0.25, 0.3) is 0 Å². The van der Waals surface area contributed by atoms with Gasteiger partial charge in [-0.25, -0.2) is 9.78 Å². The Balaban J connectivity index is 2.18. The second-order valence-electron chi connectivity index (χ2n) is 4.84. The highest BCUT2D eigenvalue weighted by Crippen LogP contribution is 2.19. The second kappa shape index (κ2) is 4.61. The molecule has 0 aliphatic rings.